The van der Waals surface area contributed by atoms with Crippen LogP contribution in [-0.2, 0) is 89.0 Å². The van der Waals surface area contributed by atoms with Crippen molar-refractivity contribution < 1.29 is 85.3 Å². The van der Waals surface area contributed by atoms with Crippen molar-refractivity contribution in [2.45, 2.75) is 236 Å². The average Bonchev–Trinajstić information content (AvgIpc) is 1.26. The number of ether oxygens (including phenoxy) is 7. The molecule has 2 heterocycles. The third kappa shape index (κ3) is 23.9. The van der Waals surface area contributed by atoms with E-state index in [0.717, 1.165) is 58.0 Å². The van der Waals surface area contributed by atoms with Gasteiger partial charge in [0.05, 0.1) is 83.4 Å². The van der Waals surface area contributed by atoms with E-state index < -0.39 is 83.0 Å². The summed E-state index contributed by atoms with van der Waals surface area (Å²) in [7, 11) is -0.929. The first-order chi connectivity index (χ1) is 50.2. The predicted molar refractivity (Wildman–Crippen MR) is 407 cm³/mol. The lowest BCUT2D eigenvalue weighted by molar-refractivity contribution is -0.171. The van der Waals surface area contributed by atoms with Gasteiger partial charge in [-0.05, 0) is 212 Å². The number of carbonyl (C=O) groups is 7. The Morgan fingerprint density at radius 1 is 0.400 bits per heavy atom. The first-order valence-electron chi connectivity index (χ1n) is 38.4. The molecule has 5 aromatic rings. The molecule has 18 nitrogen and oxygen atoms in total. The molecule has 0 aromatic heterocycles. The molecule has 0 spiro atoms. The number of esters is 7. The average molecular weight is 1450 g/mol. The van der Waals surface area contributed by atoms with Crippen LogP contribution in [-0.4, -0.2) is 114 Å². The maximum atomic E-state index is 15.3. The van der Waals surface area contributed by atoms with Crippen LogP contribution in [0.4, 0.5) is 0 Å². The van der Waals surface area contributed by atoms with Crippen molar-refractivity contribution in [3.8, 4) is 0 Å². The highest BCUT2D eigenvalue weighted by atomic mass is 16.7. The van der Waals surface area contributed by atoms with Gasteiger partial charge in [0, 0.05) is 0 Å². The zero-order valence-corrected chi connectivity index (χ0v) is 65.0. The van der Waals surface area contributed by atoms with E-state index in [0.29, 0.717) is 75.7 Å². The predicted octanol–water partition coefficient (Wildman–Crippen LogP) is 16.1. The van der Waals surface area contributed by atoms with E-state index in [2.05, 4.69) is 20.8 Å². The second kappa shape index (κ2) is 40.4. The quantitative estimate of drug-likeness (QED) is 0.0153. The van der Waals surface area contributed by atoms with Crippen molar-refractivity contribution in [3.63, 3.8) is 0 Å². The topological polar surface area (TPSA) is 221 Å². The summed E-state index contributed by atoms with van der Waals surface area (Å²) in [6.45, 7) is 28.1. The fraction of sp³-hybridized carbons (Fsp3) is 0.565. The molecule has 7 rings (SSSR count). The van der Waals surface area contributed by atoms with Crippen LogP contribution in [0.15, 0.2) is 127 Å². The van der Waals surface area contributed by atoms with Gasteiger partial charge < -0.3 is 51.8 Å². The fourth-order valence-electron chi connectivity index (χ4n) is 14.5. The Morgan fingerprint density at radius 2 is 0.781 bits per heavy atom. The summed E-state index contributed by atoms with van der Waals surface area (Å²) in [5.41, 5.74) is 0.932. The Balaban J connectivity index is 1.04. The molecular formula is C85H116B2O18. The summed E-state index contributed by atoms with van der Waals surface area (Å²) in [4.78, 5) is 99.5. The lowest BCUT2D eigenvalue weighted by Gasteiger charge is -2.40. The van der Waals surface area contributed by atoms with E-state index in [9.17, 15) is 28.8 Å². The van der Waals surface area contributed by atoms with Crippen LogP contribution in [0, 0.1) is 27.1 Å². The summed E-state index contributed by atoms with van der Waals surface area (Å²) in [6.07, 6.45) is 7.50. The normalized spacial score (nSPS) is 17.7. The number of hydrogen-bond donors (Lipinski definition) is 0. The Hall–Kier alpha value is -7.64. The third-order valence-corrected chi connectivity index (χ3v) is 21.0. The standard InChI is InChI=1S/C85H116B2O18/c1-15-23-47-97-77(91)82(11,22-8)59-85(14,53-69(64-27-25-24-26-28-64)52-83(12,78(92)95-45-16-2)50-62(18-4)65-33-29-60(30-34-65)54-100-74(88)67-37-41-70(42-38-67)86-102-56-72(20-6)104-86)80(94)99-49-48-98-76(90)81(9,10)58-84(13,79(93)96-46-17-3)51-63(19-5)66-35-31-61(32-36-66)55-101-75(89)68-39-43-71(44-40-68)87-103-57-73(21-7)105-87/h24-44,62-63,69,72-73H,15-23,45-59H2,1-14H3. The van der Waals surface area contributed by atoms with Crippen molar-refractivity contribution >= 4 is 66.9 Å². The van der Waals surface area contributed by atoms with Crippen molar-refractivity contribution in [1.82, 2.24) is 0 Å². The molecule has 0 radical (unpaired) electrons. The zero-order valence-electron chi connectivity index (χ0n) is 65.0. The summed E-state index contributed by atoms with van der Waals surface area (Å²) in [6, 6.07) is 39.6. The molecule has 9 unspecified atom stereocenters. The lowest BCUT2D eigenvalue weighted by atomic mass is 9.64. The van der Waals surface area contributed by atoms with E-state index in [4.69, 9.17) is 51.8 Å². The van der Waals surface area contributed by atoms with Gasteiger partial charge in [0.2, 0.25) is 0 Å². The van der Waals surface area contributed by atoms with E-state index in [1.54, 1.807) is 38.1 Å². The molecule has 2 aliphatic rings. The van der Waals surface area contributed by atoms with Gasteiger partial charge in [-0.25, -0.2) is 9.59 Å². The third-order valence-electron chi connectivity index (χ3n) is 21.0. The lowest BCUT2D eigenvalue weighted by Crippen LogP contribution is -2.42. The van der Waals surface area contributed by atoms with Crippen molar-refractivity contribution in [2.75, 3.05) is 46.2 Å². The molecule has 2 fully saturated rings. The summed E-state index contributed by atoms with van der Waals surface area (Å²) >= 11 is 0. The Bertz CT molecular complexity index is 3570. The van der Waals surface area contributed by atoms with Gasteiger partial charge in [-0.15, -0.1) is 0 Å². The van der Waals surface area contributed by atoms with Crippen LogP contribution in [0.25, 0.3) is 0 Å². The van der Waals surface area contributed by atoms with Crippen LogP contribution >= 0.6 is 0 Å². The van der Waals surface area contributed by atoms with Crippen LogP contribution in [0.1, 0.15) is 260 Å². The van der Waals surface area contributed by atoms with Crippen LogP contribution in [0.2, 0.25) is 0 Å². The van der Waals surface area contributed by atoms with Gasteiger partial charge in [0.1, 0.15) is 26.4 Å². The SMILES string of the molecule is CCCCOC(=O)C(C)(CC)CC(C)(CC(CC(C)(CC(CC)c1ccc(COC(=O)c2ccc(B3OCC(CC)O3)cc2)cc1)C(=O)OCCC)c1ccccc1)C(=O)OCCOC(=O)C(C)(C)CC(C)(CC(CC)c1ccc(COC(=O)c2ccc(B3OCC(CC)O3)cc2)cc1)C(=O)OCCC. The second-order valence-electron chi connectivity index (χ2n) is 30.5. The van der Waals surface area contributed by atoms with Crippen LogP contribution in [0.5, 0.6) is 0 Å². The zero-order chi connectivity index (χ0) is 76.4. The summed E-state index contributed by atoms with van der Waals surface area (Å²) in [5.74, 6) is -4.02. The first-order valence-corrected chi connectivity index (χ1v) is 38.4. The number of benzene rings is 5. The highest BCUT2D eigenvalue weighted by Crippen LogP contribution is 2.50. The minimum Gasteiger partial charge on any atom is -0.465 e. The maximum Gasteiger partial charge on any atom is 0.494 e. The van der Waals surface area contributed by atoms with E-state index in [1.807, 2.05) is 165 Å². The first kappa shape index (κ1) is 84.6. The van der Waals surface area contributed by atoms with Gasteiger partial charge in [0.25, 0.3) is 0 Å². The highest BCUT2D eigenvalue weighted by Gasteiger charge is 2.50. The molecule has 570 valence electrons. The Morgan fingerprint density at radius 3 is 1.20 bits per heavy atom. The monoisotopic (exact) mass is 1450 g/mol. The number of carbonyl (C=O) groups excluding carboxylic acids is 7. The Kier molecular flexibility index (Phi) is 32.5. The van der Waals surface area contributed by atoms with Gasteiger partial charge in [0.15, 0.2) is 0 Å². The van der Waals surface area contributed by atoms with Crippen molar-refractivity contribution in [2.24, 2.45) is 27.1 Å². The minimum absolute atomic E-state index is 0.0397. The molecule has 105 heavy (non-hydrogen) atoms. The molecule has 0 amide bonds. The molecule has 0 N–H and O–H groups in total. The smallest absolute Gasteiger partial charge is 0.465 e. The van der Waals surface area contributed by atoms with Crippen molar-refractivity contribution in [3.05, 3.63) is 166 Å². The highest BCUT2D eigenvalue weighted by molar-refractivity contribution is 6.62. The molecule has 20 heteroatoms. The van der Waals surface area contributed by atoms with Gasteiger partial charge in [-0.2, -0.15) is 0 Å². The number of unbranched alkanes of at least 4 members (excludes halogenated alkanes) is 1. The van der Waals surface area contributed by atoms with Crippen molar-refractivity contribution in [1.29, 1.82) is 0 Å². The molecule has 0 bridgehead atoms. The minimum atomic E-state index is -1.38. The summed E-state index contributed by atoms with van der Waals surface area (Å²) in [5, 5.41) is 0. The molecule has 0 aliphatic carbocycles. The molecule has 2 saturated heterocycles. The summed E-state index contributed by atoms with van der Waals surface area (Å²) < 4.78 is 65.0. The maximum absolute atomic E-state index is 15.3. The number of rotatable bonds is 43. The van der Waals surface area contributed by atoms with Gasteiger partial charge >= 0.3 is 56.0 Å². The van der Waals surface area contributed by atoms with E-state index in [-0.39, 0.29) is 102 Å². The molecule has 5 aromatic carbocycles. The van der Waals surface area contributed by atoms with Crippen LogP contribution in [0.3, 0.4) is 0 Å². The van der Waals surface area contributed by atoms with E-state index in [1.165, 1.54) is 0 Å². The Labute approximate surface area is 625 Å². The largest absolute Gasteiger partial charge is 0.494 e. The number of hydrogen-bond acceptors (Lipinski definition) is 18. The van der Waals surface area contributed by atoms with Crippen LogP contribution < -0.4 is 10.9 Å². The van der Waals surface area contributed by atoms with Gasteiger partial charge in [-0.3, -0.25) is 24.0 Å². The molecular weight excluding hydrogens is 1330 g/mol. The molecule has 2 aliphatic heterocycles. The second-order valence-corrected chi connectivity index (χ2v) is 30.5. The molecule has 9 atom stereocenters. The molecule has 0 saturated carbocycles. The van der Waals surface area contributed by atoms with Gasteiger partial charge in [-0.1, -0.05) is 165 Å². The van der Waals surface area contributed by atoms with E-state index >= 15 is 4.79 Å². The fourth-order valence-corrected chi connectivity index (χ4v) is 14.5.